The Morgan fingerprint density at radius 2 is 1.95 bits per heavy atom. The summed E-state index contributed by atoms with van der Waals surface area (Å²) < 4.78 is 4.97. The minimum Gasteiger partial charge on any atom is -0.480 e. The molecule has 0 spiro atoms. The van der Waals surface area contributed by atoms with Crippen molar-refractivity contribution in [1.29, 1.82) is 0 Å². The van der Waals surface area contributed by atoms with Crippen LogP contribution in [0.4, 0.5) is 0 Å². The van der Waals surface area contributed by atoms with Gasteiger partial charge in [-0.15, -0.1) is 0 Å². The number of ether oxygens (including phenoxy) is 1. The maximum Gasteiger partial charge on any atom is 0.341 e. The second-order valence-electron chi connectivity index (χ2n) is 4.10. The molecule has 0 heterocycles. The third-order valence-electron chi connectivity index (χ3n) is 2.52. The number of carboxylic acid groups (broad SMARTS) is 1. The highest BCUT2D eigenvalue weighted by atomic mass is 35.5. The van der Waals surface area contributed by atoms with Gasteiger partial charge in [0.2, 0.25) is 0 Å². The lowest BCUT2D eigenvalue weighted by atomic mass is 10.0. The van der Waals surface area contributed by atoms with Crippen LogP contribution in [-0.4, -0.2) is 23.5 Å². The Balaban J connectivity index is 3.02. The van der Waals surface area contributed by atoms with E-state index in [1.165, 1.54) is 12.1 Å². The first-order chi connectivity index (χ1) is 9.38. The van der Waals surface area contributed by atoms with Gasteiger partial charge in [-0.2, -0.15) is 0 Å². The predicted molar refractivity (Wildman–Crippen MR) is 78.0 cm³/mol. The van der Waals surface area contributed by atoms with Gasteiger partial charge in [-0.05, 0) is 24.1 Å². The van der Waals surface area contributed by atoms with Gasteiger partial charge < -0.3 is 9.84 Å². The molecular weight excluding hydrogens is 303 g/mol. The van der Waals surface area contributed by atoms with Gasteiger partial charge in [0, 0.05) is 5.56 Å². The zero-order valence-electron chi connectivity index (χ0n) is 10.9. The Labute approximate surface area is 126 Å². The van der Waals surface area contributed by atoms with Crippen LogP contribution in [0.15, 0.2) is 24.3 Å². The van der Waals surface area contributed by atoms with Gasteiger partial charge in [0.25, 0.3) is 0 Å². The van der Waals surface area contributed by atoms with E-state index in [2.05, 4.69) is 6.58 Å². The Hall–Kier alpha value is -1.52. The molecule has 0 bridgehead atoms. The molecule has 0 fully saturated rings. The fourth-order valence-electron chi connectivity index (χ4n) is 1.56. The molecule has 0 radical (unpaired) electrons. The van der Waals surface area contributed by atoms with Gasteiger partial charge in [-0.3, -0.25) is 4.79 Å². The molecular formula is C14H14Cl2O4. The Morgan fingerprint density at radius 1 is 1.30 bits per heavy atom. The smallest absolute Gasteiger partial charge is 0.341 e. The van der Waals surface area contributed by atoms with E-state index in [0.29, 0.717) is 12.0 Å². The molecule has 0 unspecified atom stereocenters. The fraction of sp³-hybridized carbons (Fsp3) is 0.286. The maximum atomic E-state index is 12.1. The molecule has 0 aliphatic heterocycles. The van der Waals surface area contributed by atoms with Crippen molar-refractivity contribution in [2.45, 2.75) is 19.8 Å². The number of hydrogen-bond acceptors (Lipinski definition) is 3. The van der Waals surface area contributed by atoms with Crippen molar-refractivity contribution in [3.05, 3.63) is 39.9 Å². The van der Waals surface area contributed by atoms with Crippen molar-refractivity contribution in [3.63, 3.8) is 0 Å². The average molecular weight is 317 g/mol. The van der Waals surface area contributed by atoms with E-state index in [9.17, 15) is 9.59 Å². The van der Waals surface area contributed by atoms with Gasteiger partial charge in [0.15, 0.2) is 12.4 Å². The molecule has 1 aromatic carbocycles. The van der Waals surface area contributed by atoms with Gasteiger partial charge in [0.05, 0.1) is 5.02 Å². The summed E-state index contributed by atoms with van der Waals surface area (Å²) in [5.41, 5.74) is 0.683. The van der Waals surface area contributed by atoms with Gasteiger partial charge in [-0.25, -0.2) is 4.79 Å². The number of carbonyl (C=O) groups excluding carboxylic acids is 1. The molecule has 108 valence electrons. The second kappa shape index (κ2) is 7.31. The highest BCUT2D eigenvalue weighted by Crippen LogP contribution is 2.35. The molecule has 0 atom stereocenters. The van der Waals surface area contributed by atoms with Crippen molar-refractivity contribution >= 4 is 35.0 Å². The van der Waals surface area contributed by atoms with E-state index in [1.54, 1.807) is 0 Å². The summed E-state index contributed by atoms with van der Waals surface area (Å²) in [5.74, 6) is -1.28. The number of aliphatic carboxylic acids is 1. The minimum atomic E-state index is -1.13. The van der Waals surface area contributed by atoms with E-state index in [1.807, 2.05) is 6.92 Å². The Kier molecular flexibility index (Phi) is 6.05. The number of carbonyl (C=O) groups is 2. The Bertz CT molecular complexity index is 552. The standard InChI is InChI=1S/C14H14Cl2O4/c1-3-4-8(2)14(19)9-5-6-10(13(16)12(9)15)20-7-11(17)18/h5-6H,2-4,7H2,1H3,(H,17,18). The first kappa shape index (κ1) is 16.5. The van der Waals surface area contributed by atoms with Crippen molar-refractivity contribution < 1.29 is 19.4 Å². The molecule has 0 aliphatic carbocycles. The number of carboxylic acids is 1. The monoisotopic (exact) mass is 316 g/mol. The fourth-order valence-corrected chi connectivity index (χ4v) is 2.03. The maximum absolute atomic E-state index is 12.1. The molecule has 0 amide bonds. The van der Waals surface area contributed by atoms with Crippen LogP contribution >= 0.6 is 23.2 Å². The summed E-state index contributed by atoms with van der Waals surface area (Å²) in [4.78, 5) is 22.5. The van der Waals surface area contributed by atoms with E-state index in [-0.39, 0.29) is 27.1 Å². The summed E-state index contributed by atoms with van der Waals surface area (Å²) in [7, 11) is 0. The van der Waals surface area contributed by atoms with E-state index < -0.39 is 12.6 Å². The third-order valence-corrected chi connectivity index (χ3v) is 3.38. The lowest BCUT2D eigenvalue weighted by molar-refractivity contribution is -0.139. The summed E-state index contributed by atoms with van der Waals surface area (Å²) in [6.07, 6.45) is 1.37. The van der Waals surface area contributed by atoms with Crippen LogP contribution in [0.2, 0.25) is 10.0 Å². The number of benzene rings is 1. The second-order valence-corrected chi connectivity index (χ2v) is 4.86. The molecule has 6 heteroatoms. The zero-order chi connectivity index (χ0) is 15.3. The van der Waals surface area contributed by atoms with Crippen LogP contribution in [-0.2, 0) is 4.79 Å². The van der Waals surface area contributed by atoms with Crippen LogP contribution in [0.1, 0.15) is 30.1 Å². The van der Waals surface area contributed by atoms with E-state index >= 15 is 0 Å². The molecule has 0 saturated heterocycles. The minimum absolute atomic E-state index is 0.0167. The van der Waals surface area contributed by atoms with Crippen LogP contribution in [0.25, 0.3) is 0 Å². The van der Waals surface area contributed by atoms with Crippen molar-refractivity contribution in [3.8, 4) is 5.75 Å². The van der Waals surface area contributed by atoms with E-state index in [4.69, 9.17) is 33.0 Å². The molecule has 1 N–H and O–H groups in total. The largest absolute Gasteiger partial charge is 0.480 e. The number of allylic oxidation sites excluding steroid dienone is 1. The molecule has 0 aliphatic rings. The van der Waals surface area contributed by atoms with Crippen LogP contribution < -0.4 is 4.74 Å². The van der Waals surface area contributed by atoms with Gasteiger partial charge >= 0.3 is 5.97 Å². The van der Waals surface area contributed by atoms with Crippen LogP contribution in [0, 0.1) is 0 Å². The number of rotatable bonds is 7. The molecule has 20 heavy (non-hydrogen) atoms. The SMILES string of the molecule is C=C(CCC)C(=O)c1ccc(OCC(=O)O)c(Cl)c1Cl. The Morgan fingerprint density at radius 3 is 2.50 bits per heavy atom. The topological polar surface area (TPSA) is 63.6 Å². The normalized spacial score (nSPS) is 10.2. The zero-order valence-corrected chi connectivity index (χ0v) is 12.4. The van der Waals surface area contributed by atoms with Crippen molar-refractivity contribution in [2.24, 2.45) is 0 Å². The van der Waals surface area contributed by atoms with Crippen molar-refractivity contribution in [2.75, 3.05) is 6.61 Å². The van der Waals surface area contributed by atoms with Crippen LogP contribution in [0.5, 0.6) is 5.75 Å². The summed E-state index contributed by atoms with van der Waals surface area (Å²) in [6, 6.07) is 2.87. The lowest BCUT2D eigenvalue weighted by Crippen LogP contribution is -2.10. The lowest BCUT2D eigenvalue weighted by Gasteiger charge is -2.11. The molecule has 1 rings (SSSR count). The predicted octanol–water partition coefficient (Wildman–Crippen LogP) is 4.00. The third kappa shape index (κ3) is 3.99. The van der Waals surface area contributed by atoms with Crippen molar-refractivity contribution in [1.82, 2.24) is 0 Å². The average Bonchev–Trinajstić information content (AvgIpc) is 2.40. The highest BCUT2D eigenvalue weighted by Gasteiger charge is 2.18. The first-order valence-electron chi connectivity index (χ1n) is 5.93. The number of ketones is 1. The molecule has 0 saturated carbocycles. The van der Waals surface area contributed by atoms with Gasteiger partial charge in [-0.1, -0.05) is 43.1 Å². The molecule has 4 nitrogen and oxygen atoms in total. The van der Waals surface area contributed by atoms with Crippen LogP contribution in [0.3, 0.4) is 0 Å². The number of Topliss-reactive ketones (excluding diaryl/α,β-unsaturated/α-hetero) is 1. The van der Waals surface area contributed by atoms with Gasteiger partial charge in [0.1, 0.15) is 10.8 Å². The number of halogens is 2. The summed E-state index contributed by atoms with van der Waals surface area (Å²) >= 11 is 12.0. The summed E-state index contributed by atoms with van der Waals surface area (Å²) in [6.45, 7) is 5.12. The highest BCUT2D eigenvalue weighted by molar-refractivity contribution is 6.45. The first-order valence-corrected chi connectivity index (χ1v) is 6.69. The summed E-state index contributed by atoms with van der Waals surface area (Å²) in [5, 5.41) is 8.60. The number of hydrogen-bond donors (Lipinski definition) is 1. The molecule has 0 aromatic heterocycles. The quantitative estimate of drug-likeness (QED) is 0.610. The van der Waals surface area contributed by atoms with E-state index in [0.717, 1.165) is 6.42 Å². The molecule has 1 aromatic rings.